The van der Waals surface area contributed by atoms with Crippen molar-refractivity contribution in [3.63, 3.8) is 0 Å². The molecular weight excluding hydrogens is 1550 g/mol. The van der Waals surface area contributed by atoms with Crippen LogP contribution in [0.2, 0.25) is 15.9 Å². The average molecular weight is 1610 g/mol. The first-order valence-electron chi connectivity index (χ1n) is 38.6. The van der Waals surface area contributed by atoms with Crippen molar-refractivity contribution in [2.45, 2.75) is 0 Å². The fourth-order valence-corrected chi connectivity index (χ4v) is 17.4. The van der Waals surface area contributed by atoms with Gasteiger partial charge in [-0.3, -0.25) is 0 Å². The molecule has 0 radical (unpaired) electrons. The van der Waals surface area contributed by atoms with E-state index in [0.717, 1.165) is 149 Å². The highest BCUT2D eigenvalue weighted by Crippen LogP contribution is 2.43. The second-order valence-corrected chi connectivity index (χ2v) is 30.8. The third kappa shape index (κ3) is 14.0. The van der Waals surface area contributed by atoms with Gasteiger partial charge in [-0.15, -0.1) is 11.3 Å². The molecule has 0 saturated heterocycles. The molecule has 23 rings (SSSR count). The Kier molecular flexibility index (Phi) is 18.7. The lowest BCUT2D eigenvalue weighted by atomic mass is 9.96. The zero-order chi connectivity index (χ0) is 79.4. The minimum Gasteiger partial charge on any atom is -0.456 e. The van der Waals surface area contributed by atoms with E-state index in [1.165, 1.54) is 36.7 Å². The normalized spacial score (nSPS) is 11.5. The molecular formula is C103H60Cl3N9O3S. The van der Waals surface area contributed by atoms with E-state index in [2.05, 4.69) is 218 Å². The Morgan fingerprint density at radius 2 is 0.555 bits per heavy atom. The number of hydrogen-bond acceptors (Lipinski definition) is 13. The van der Waals surface area contributed by atoms with Crippen molar-refractivity contribution >= 4 is 143 Å². The van der Waals surface area contributed by atoms with Gasteiger partial charge in [-0.1, -0.05) is 309 Å². The molecule has 23 aromatic rings. The Bertz CT molecular complexity index is 7850. The minimum absolute atomic E-state index is 0.127. The van der Waals surface area contributed by atoms with Gasteiger partial charge >= 0.3 is 0 Å². The molecule has 0 bridgehead atoms. The predicted molar refractivity (Wildman–Crippen MR) is 487 cm³/mol. The molecule has 0 saturated carbocycles. The topological polar surface area (TPSA) is 155 Å². The summed E-state index contributed by atoms with van der Waals surface area (Å²) in [5.41, 5.74) is 21.3. The Morgan fingerprint density at radius 3 is 1.16 bits per heavy atom. The number of halogens is 3. The van der Waals surface area contributed by atoms with Crippen LogP contribution in [0.5, 0.6) is 0 Å². The van der Waals surface area contributed by atoms with E-state index in [1.54, 1.807) is 0 Å². The van der Waals surface area contributed by atoms with E-state index in [4.69, 9.17) is 63.0 Å². The number of fused-ring (bicyclic) bond motifs is 13. The lowest BCUT2D eigenvalue weighted by Crippen LogP contribution is -1.97. The van der Waals surface area contributed by atoms with E-state index in [-0.39, 0.29) is 15.9 Å². The van der Waals surface area contributed by atoms with Crippen LogP contribution in [0, 0.1) is 0 Å². The first kappa shape index (κ1) is 72.0. The zero-order valence-corrected chi connectivity index (χ0v) is 66.0. The highest BCUT2D eigenvalue weighted by Gasteiger charge is 2.21. The third-order valence-corrected chi connectivity index (χ3v) is 23.1. The first-order chi connectivity index (χ1) is 58.6. The molecule has 0 spiro atoms. The standard InChI is InChI=1S/C37H22ClN3S.C33H18ClN3O2.C33H20ClN3O/c38-37-40-35(25-15-13-24(14-16-25)23-7-2-1-3-8-23)39-36(41-37)28-18-19-30-26(21-28)9-6-11-29(30)27-17-20-32-31-10-4-5-12-33(31)42-34(32)22-27;34-33-36-31(35-32(37-33)25-11-5-10-23-22-7-1-3-12-26(22)39-30(23)25)20-17-15-19(16-18-20)21-9-6-14-28-29(21)24-8-2-4-13-27(24)38-28;34-33-36-31(23-18-16-22(17-19-23)21-8-2-1-3-9-21)35-32(37-33)25-11-6-10-24(20-25)26-13-7-14-28-27-12-4-5-15-29(27)38-30(26)28/h1-22H;1-18H;1-20H. The predicted octanol–water partition coefficient (Wildman–Crippen LogP) is 29.1. The molecule has 0 amide bonds. The zero-order valence-electron chi connectivity index (χ0n) is 62.9. The molecule has 0 aliphatic carbocycles. The Hall–Kier alpha value is -14.7. The van der Waals surface area contributed by atoms with Gasteiger partial charge in [-0.25, -0.2) is 15.0 Å². The highest BCUT2D eigenvalue weighted by molar-refractivity contribution is 7.25. The molecule has 0 aliphatic heterocycles. The van der Waals surface area contributed by atoms with Crippen molar-refractivity contribution < 1.29 is 13.3 Å². The number of aromatic nitrogens is 9. The highest BCUT2D eigenvalue weighted by atomic mass is 35.5. The summed E-state index contributed by atoms with van der Waals surface area (Å²) in [6.07, 6.45) is 0. The van der Waals surface area contributed by atoms with Gasteiger partial charge in [0, 0.05) is 85.9 Å². The van der Waals surface area contributed by atoms with Crippen LogP contribution >= 0.6 is 46.1 Å². The number of para-hydroxylation sites is 5. The SMILES string of the molecule is Clc1nc(-c2ccc(-c3cccc4oc5ccccc5c34)cc2)nc(-c2cccc3c2oc2ccccc23)n1.Clc1nc(-c2ccc(-c3ccccc3)cc2)nc(-c2ccc3c(-c4ccc5c(c4)sc4ccccc45)cccc3c2)n1.Clc1nc(-c2ccc(-c3ccccc3)cc2)nc(-c2cccc(-c3cccc4c3oc3ccccc34)c2)n1. The second-order valence-electron chi connectivity index (χ2n) is 28.7. The van der Waals surface area contributed by atoms with Crippen LogP contribution in [-0.4, -0.2) is 44.9 Å². The van der Waals surface area contributed by atoms with Gasteiger partial charge in [0.1, 0.15) is 33.5 Å². The maximum atomic E-state index is 6.42. The van der Waals surface area contributed by atoms with Crippen LogP contribution in [0.4, 0.5) is 0 Å². The van der Waals surface area contributed by atoms with Crippen LogP contribution in [0.1, 0.15) is 0 Å². The summed E-state index contributed by atoms with van der Waals surface area (Å²) in [6.45, 7) is 0. The van der Waals surface area contributed by atoms with Gasteiger partial charge in [-0.05, 0) is 150 Å². The van der Waals surface area contributed by atoms with Crippen molar-refractivity contribution in [2.75, 3.05) is 0 Å². The summed E-state index contributed by atoms with van der Waals surface area (Å²) in [5, 5.41) is 11.8. The van der Waals surface area contributed by atoms with Crippen molar-refractivity contribution in [3.05, 3.63) is 380 Å². The van der Waals surface area contributed by atoms with Gasteiger partial charge in [0.15, 0.2) is 34.9 Å². The Balaban J connectivity index is 0.000000111. The molecule has 7 aromatic heterocycles. The summed E-state index contributed by atoms with van der Waals surface area (Å²) in [6, 6.07) is 124. The van der Waals surface area contributed by atoms with Crippen LogP contribution in [0.3, 0.4) is 0 Å². The average Bonchev–Trinajstić information content (AvgIpc) is 1.68. The first-order valence-corrected chi connectivity index (χ1v) is 40.5. The van der Waals surface area contributed by atoms with Crippen molar-refractivity contribution in [1.82, 2.24) is 44.9 Å². The van der Waals surface area contributed by atoms with Crippen LogP contribution in [-0.2, 0) is 0 Å². The fourth-order valence-electron chi connectivity index (χ4n) is 15.8. The molecule has 0 N–H and O–H groups in total. The molecule has 0 atom stereocenters. The van der Waals surface area contributed by atoms with Crippen molar-refractivity contribution in [2.24, 2.45) is 0 Å². The second kappa shape index (κ2) is 30.8. The summed E-state index contributed by atoms with van der Waals surface area (Å²) in [4.78, 5) is 41.0. The minimum atomic E-state index is 0.127. The van der Waals surface area contributed by atoms with E-state index in [9.17, 15) is 0 Å². The quantitative estimate of drug-likeness (QED) is 0.121. The Labute approximate surface area is 699 Å². The fraction of sp³-hybridized carbons (Fsp3) is 0. The van der Waals surface area contributed by atoms with Gasteiger partial charge in [0.2, 0.25) is 15.9 Å². The van der Waals surface area contributed by atoms with E-state index < -0.39 is 0 Å². The number of thiophene rings is 1. The molecule has 0 aliphatic rings. The van der Waals surface area contributed by atoms with E-state index in [0.29, 0.717) is 34.9 Å². The summed E-state index contributed by atoms with van der Waals surface area (Å²) in [7, 11) is 0. The molecule has 0 unspecified atom stereocenters. The van der Waals surface area contributed by atoms with E-state index >= 15 is 0 Å². The number of hydrogen-bond donors (Lipinski definition) is 0. The molecule has 562 valence electrons. The molecule has 16 heteroatoms. The van der Waals surface area contributed by atoms with E-state index in [1.807, 2.05) is 187 Å². The van der Waals surface area contributed by atoms with Crippen LogP contribution in [0.25, 0.3) is 221 Å². The maximum absolute atomic E-state index is 6.42. The van der Waals surface area contributed by atoms with Crippen molar-refractivity contribution in [3.8, 4) is 124 Å². The number of furan rings is 3. The van der Waals surface area contributed by atoms with Crippen molar-refractivity contribution in [1.29, 1.82) is 0 Å². The van der Waals surface area contributed by atoms with Gasteiger partial charge in [0.25, 0.3) is 0 Å². The molecule has 7 heterocycles. The monoisotopic (exact) mass is 1610 g/mol. The molecule has 16 aromatic carbocycles. The van der Waals surface area contributed by atoms with Crippen LogP contribution in [0.15, 0.2) is 377 Å². The Morgan fingerprint density at radius 1 is 0.193 bits per heavy atom. The smallest absolute Gasteiger partial charge is 0.226 e. The molecule has 0 fully saturated rings. The largest absolute Gasteiger partial charge is 0.456 e. The molecule has 119 heavy (non-hydrogen) atoms. The van der Waals surface area contributed by atoms with Gasteiger partial charge in [0.05, 0.1) is 5.56 Å². The summed E-state index contributed by atoms with van der Waals surface area (Å²) >= 11 is 21.0. The number of benzene rings is 16. The lowest BCUT2D eigenvalue weighted by molar-refractivity contribution is 0.669. The summed E-state index contributed by atoms with van der Waals surface area (Å²) in [5.74, 6) is 3.12. The van der Waals surface area contributed by atoms with Crippen LogP contribution < -0.4 is 0 Å². The lowest BCUT2D eigenvalue weighted by Gasteiger charge is -2.10. The number of nitrogens with zero attached hydrogens (tertiary/aromatic N) is 9. The molecule has 12 nitrogen and oxygen atoms in total. The van der Waals surface area contributed by atoms with Gasteiger partial charge < -0.3 is 13.3 Å². The third-order valence-electron chi connectivity index (χ3n) is 21.5. The maximum Gasteiger partial charge on any atom is 0.226 e. The van der Waals surface area contributed by atoms with Gasteiger partial charge in [-0.2, -0.15) is 29.9 Å². The number of rotatable bonds is 11. The summed E-state index contributed by atoms with van der Waals surface area (Å²) < 4.78 is 21.1.